The van der Waals surface area contributed by atoms with Crippen molar-refractivity contribution in [2.24, 2.45) is 0 Å². The fourth-order valence-electron chi connectivity index (χ4n) is 6.58. The summed E-state index contributed by atoms with van der Waals surface area (Å²) in [4.78, 5) is 46.8. The van der Waals surface area contributed by atoms with E-state index in [2.05, 4.69) is 33.1 Å². The Labute approximate surface area is 229 Å². The number of nitrogens with one attached hydrogen (secondary N) is 1. The average molecular weight is 546 g/mol. The maximum atomic E-state index is 13.4. The summed E-state index contributed by atoms with van der Waals surface area (Å²) in [5.74, 6) is 0.441. The van der Waals surface area contributed by atoms with Gasteiger partial charge in [-0.15, -0.1) is 0 Å². The highest BCUT2D eigenvalue weighted by Gasteiger charge is 2.43. The Kier molecular flexibility index (Phi) is 6.02. The molecule has 7 rings (SSSR count). The maximum absolute atomic E-state index is 13.4. The molecule has 4 aliphatic rings. The molecule has 39 heavy (non-hydrogen) atoms. The van der Waals surface area contributed by atoms with E-state index < -0.39 is 23.1 Å². The number of amides is 3. The van der Waals surface area contributed by atoms with E-state index >= 15 is 0 Å². The second-order valence-corrected chi connectivity index (χ2v) is 12.7. The molecule has 6 heterocycles. The summed E-state index contributed by atoms with van der Waals surface area (Å²) >= 11 is -0.758. The molecule has 0 bridgehead atoms. The number of pyridine rings is 1. The van der Waals surface area contributed by atoms with Crippen LogP contribution in [0.3, 0.4) is 0 Å². The molecule has 3 amide bonds. The van der Waals surface area contributed by atoms with E-state index in [0.29, 0.717) is 23.5 Å². The molecule has 3 fully saturated rings. The van der Waals surface area contributed by atoms with E-state index in [1.807, 2.05) is 25.1 Å². The van der Waals surface area contributed by atoms with Crippen LogP contribution in [-0.2, 0) is 27.3 Å². The number of hydrogen-bond acceptors (Lipinski definition) is 6. The van der Waals surface area contributed by atoms with Crippen LogP contribution in [0.2, 0.25) is 0 Å². The average Bonchev–Trinajstić information content (AvgIpc) is 3.62. The zero-order chi connectivity index (χ0) is 26.8. The van der Waals surface area contributed by atoms with E-state index in [-0.39, 0.29) is 30.3 Å². The highest BCUT2D eigenvalue weighted by Crippen LogP contribution is 2.39. The molecule has 2 aromatic heterocycles. The Bertz CT molecular complexity index is 1510. The smallest absolute Gasteiger partial charge is 0.255 e. The van der Waals surface area contributed by atoms with E-state index in [4.69, 9.17) is 4.98 Å². The van der Waals surface area contributed by atoms with Gasteiger partial charge in [-0.1, -0.05) is 6.07 Å². The molecule has 0 aliphatic carbocycles. The lowest BCUT2D eigenvalue weighted by Crippen LogP contribution is -2.53. The fourth-order valence-corrected chi connectivity index (χ4v) is 7.66. The predicted molar refractivity (Wildman–Crippen MR) is 147 cm³/mol. The molecule has 2 unspecified atom stereocenters. The third-order valence-electron chi connectivity index (χ3n) is 8.74. The second-order valence-electron chi connectivity index (χ2n) is 11.2. The lowest BCUT2D eigenvalue weighted by molar-refractivity contribution is -0.137. The van der Waals surface area contributed by atoms with Crippen molar-refractivity contribution >= 4 is 39.9 Å². The molecule has 4 aliphatic heterocycles. The molecule has 9 nitrogen and oxygen atoms in total. The van der Waals surface area contributed by atoms with Crippen molar-refractivity contribution in [3.05, 3.63) is 53.2 Å². The van der Waals surface area contributed by atoms with Gasteiger partial charge in [0.25, 0.3) is 5.91 Å². The lowest BCUT2D eigenvalue weighted by Gasteiger charge is -2.32. The van der Waals surface area contributed by atoms with Gasteiger partial charge in [0.15, 0.2) is 0 Å². The number of fused-ring (bicyclic) bond motifs is 2. The molecule has 3 aromatic rings. The summed E-state index contributed by atoms with van der Waals surface area (Å²) in [6.07, 6.45) is 5.08. The maximum Gasteiger partial charge on any atom is 0.255 e. The van der Waals surface area contributed by atoms with E-state index in [1.165, 1.54) is 18.4 Å². The zero-order valence-corrected chi connectivity index (χ0v) is 22.7. The first-order valence-electron chi connectivity index (χ1n) is 13.8. The third-order valence-corrected chi connectivity index (χ3v) is 10.3. The van der Waals surface area contributed by atoms with Crippen LogP contribution in [0.25, 0.3) is 22.3 Å². The highest BCUT2D eigenvalue weighted by atomic mass is 32.2. The predicted octanol–water partition coefficient (Wildman–Crippen LogP) is 2.92. The molecular formula is C29H31N5O4S. The van der Waals surface area contributed by atoms with Crippen LogP contribution in [0.15, 0.2) is 36.5 Å². The Hall–Kier alpha value is -3.21. The number of hydrogen-bond donors (Lipinski definition) is 1. The minimum Gasteiger partial charge on any atom is -0.616 e. The summed E-state index contributed by atoms with van der Waals surface area (Å²) in [6.45, 7) is 4.98. The first kappa shape index (κ1) is 24.8. The van der Waals surface area contributed by atoms with Gasteiger partial charge in [-0.3, -0.25) is 24.6 Å². The van der Waals surface area contributed by atoms with Gasteiger partial charge in [-0.05, 0) is 85.8 Å². The minimum atomic E-state index is -0.758. The lowest BCUT2D eigenvalue weighted by atomic mass is 9.98. The molecule has 2 atom stereocenters. The number of imide groups is 1. The number of likely N-dealkylation sites (tertiary alicyclic amines) is 1. The number of aromatic nitrogens is 2. The molecule has 202 valence electrons. The largest absolute Gasteiger partial charge is 0.616 e. The standard InChI is InChI=1S/C29H31N5O4S/c1-17-23-12-18(4-5-22(23)29(37)34(17)25-6-7-26(35)31-28(25)36)24-13-19(14-32-9-2-3-10-32)21-8-11-33(27(21)30-24)20-15-39(38)16-20/h4-5,8,11-13,17,20,25H,2-3,6-7,9-10,14-16H2,1H3,(H,31,35,36). The van der Waals surface area contributed by atoms with Crippen LogP contribution in [0.4, 0.5) is 0 Å². The van der Waals surface area contributed by atoms with Crippen LogP contribution in [-0.4, -0.2) is 72.3 Å². The quantitative estimate of drug-likeness (QED) is 0.390. The van der Waals surface area contributed by atoms with Crippen molar-refractivity contribution in [3.8, 4) is 11.3 Å². The molecule has 3 saturated heterocycles. The molecule has 0 radical (unpaired) electrons. The molecule has 0 saturated carbocycles. The number of piperidine rings is 1. The summed E-state index contributed by atoms with van der Waals surface area (Å²) < 4.78 is 14.0. The molecule has 10 heteroatoms. The van der Waals surface area contributed by atoms with Gasteiger partial charge in [0, 0.05) is 35.7 Å². The minimum absolute atomic E-state index is 0.177. The normalized spacial score (nSPS) is 27.2. The third kappa shape index (κ3) is 4.16. The van der Waals surface area contributed by atoms with Crippen molar-refractivity contribution in [3.63, 3.8) is 0 Å². The van der Waals surface area contributed by atoms with Crippen LogP contribution in [0.5, 0.6) is 0 Å². The van der Waals surface area contributed by atoms with Crippen molar-refractivity contribution in [1.29, 1.82) is 0 Å². The van der Waals surface area contributed by atoms with Crippen LogP contribution in [0, 0.1) is 0 Å². The van der Waals surface area contributed by atoms with Gasteiger partial charge >= 0.3 is 0 Å². The first-order valence-corrected chi connectivity index (χ1v) is 15.2. The van der Waals surface area contributed by atoms with Crippen LogP contribution >= 0.6 is 0 Å². The zero-order valence-electron chi connectivity index (χ0n) is 21.9. The van der Waals surface area contributed by atoms with Crippen molar-refractivity contribution in [1.82, 2.24) is 24.7 Å². The summed E-state index contributed by atoms with van der Waals surface area (Å²) in [6, 6.07) is 9.38. The molecule has 1 aromatic carbocycles. The van der Waals surface area contributed by atoms with E-state index in [9.17, 15) is 18.9 Å². The Morgan fingerprint density at radius 1 is 1.10 bits per heavy atom. The molecule has 0 spiro atoms. The number of carbonyl (C=O) groups excluding carboxylic acids is 3. The van der Waals surface area contributed by atoms with Gasteiger partial charge in [-0.2, -0.15) is 0 Å². The monoisotopic (exact) mass is 545 g/mol. The Balaban J connectivity index is 1.27. The number of carbonyl (C=O) groups is 3. The van der Waals surface area contributed by atoms with Crippen LogP contribution in [0.1, 0.15) is 66.2 Å². The van der Waals surface area contributed by atoms with Gasteiger partial charge < -0.3 is 14.0 Å². The first-order chi connectivity index (χ1) is 18.9. The van der Waals surface area contributed by atoms with Gasteiger partial charge in [0.05, 0.1) is 11.7 Å². The number of nitrogens with zero attached hydrogens (tertiary/aromatic N) is 4. The highest BCUT2D eigenvalue weighted by molar-refractivity contribution is 7.92. The summed E-state index contributed by atoms with van der Waals surface area (Å²) in [5, 5.41) is 3.52. The van der Waals surface area contributed by atoms with E-state index in [1.54, 1.807) is 4.90 Å². The Morgan fingerprint density at radius 2 is 1.90 bits per heavy atom. The van der Waals surface area contributed by atoms with E-state index in [0.717, 1.165) is 47.5 Å². The Morgan fingerprint density at radius 3 is 2.64 bits per heavy atom. The summed E-state index contributed by atoms with van der Waals surface area (Å²) in [5.41, 5.74) is 5.38. The number of rotatable bonds is 5. The summed E-state index contributed by atoms with van der Waals surface area (Å²) in [7, 11) is 0. The fraction of sp³-hybridized carbons (Fsp3) is 0.448. The van der Waals surface area contributed by atoms with Gasteiger partial charge in [-0.25, -0.2) is 4.98 Å². The topological polar surface area (TPSA) is 111 Å². The number of benzene rings is 1. The molecular weight excluding hydrogens is 514 g/mol. The SMILES string of the molecule is CC1c2cc(-c3cc(CN4CCCC4)c4ccn(C5C[S+]([O-])C5)c4n3)ccc2C(=O)N1C1CCC(=O)NC1=O. The van der Waals surface area contributed by atoms with Gasteiger partial charge in [0.1, 0.15) is 29.2 Å². The van der Waals surface area contributed by atoms with Crippen molar-refractivity contribution in [2.45, 2.75) is 57.3 Å². The van der Waals surface area contributed by atoms with Crippen molar-refractivity contribution < 1.29 is 18.9 Å². The van der Waals surface area contributed by atoms with Gasteiger partial charge in [0.2, 0.25) is 11.8 Å². The second kappa shape index (κ2) is 9.46. The molecule has 1 N–H and O–H groups in total. The van der Waals surface area contributed by atoms with Crippen LogP contribution < -0.4 is 5.32 Å². The van der Waals surface area contributed by atoms with Crippen molar-refractivity contribution in [2.75, 3.05) is 24.6 Å².